The Labute approximate surface area is 122 Å². The molecule has 0 unspecified atom stereocenters. The number of hydrogen-bond donors (Lipinski definition) is 0. The summed E-state index contributed by atoms with van der Waals surface area (Å²) in [6, 6.07) is 1.12. The van der Waals surface area contributed by atoms with Crippen LogP contribution in [0.5, 0.6) is 0 Å². The van der Waals surface area contributed by atoms with E-state index in [1.54, 1.807) is 4.68 Å². The van der Waals surface area contributed by atoms with Gasteiger partial charge in [-0.3, -0.25) is 0 Å². The zero-order valence-corrected chi connectivity index (χ0v) is 14.4. The van der Waals surface area contributed by atoms with Crippen molar-refractivity contribution < 1.29 is 14.3 Å². The Morgan fingerprint density at radius 1 is 1.40 bits per heavy atom. The molecule has 0 atom stereocenters. The predicted molar refractivity (Wildman–Crippen MR) is 81.8 cm³/mol. The van der Waals surface area contributed by atoms with E-state index in [1.165, 1.54) is 7.11 Å². The van der Waals surface area contributed by atoms with Crippen LogP contribution in [0.3, 0.4) is 0 Å². The van der Waals surface area contributed by atoms with Gasteiger partial charge in [-0.1, -0.05) is 33.5 Å². The highest BCUT2D eigenvalue weighted by molar-refractivity contribution is 6.76. The second-order valence-corrected chi connectivity index (χ2v) is 12.1. The maximum Gasteiger partial charge on any atom is 0.358 e. The first-order valence-corrected chi connectivity index (χ1v) is 10.7. The first-order valence-electron chi connectivity index (χ1n) is 6.98. The van der Waals surface area contributed by atoms with Crippen LogP contribution in [-0.2, 0) is 16.2 Å². The number of ether oxygens (including phenoxy) is 2. The van der Waals surface area contributed by atoms with Gasteiger partial charge in [0.05, 0.1) is 7.11 Å². The molecule has 0 amide bonds. The Bertz CT molecular complexity index is 450. The number of carbonyl (C=O) groups is 1. The fraction of sp³-hybridized carbons (Fsp3) is 0.714. The number of esters is 1. The summed E-state index contributed by atoms with van der Waals surface area (Å²) in [5.74, 6) is -0.172. The van der Waals surface area contributed by atoms with Crippen LogP contribution in [0.1, 0.15) is 35.8 Å². The van der Waals surface area contributed by atoms with Gasteiger partial charge in [-0.05, 0) is 12.0 Å². The van der Waals surface area contributed by atoms with Gasteiger partial charge >= 0.3 is 5.97 Å². The van der Waals surface area contributed by atoms with E-state index in [2.05, 4.69) is 24.7 Å². The minimum absolute atomic E-state index is 0.222. The highest BCUT2D eigenvalue weighted by Crippen LogP contribution is 2.19. The van der Waals surface area contributed by atoms with E-state index < -0.39 is 14.0 Å². The molecule has 0 spiro atoms. The number of methoxy groups -OCH3 is 1. The van der Waals surface area contributed by atoms with E-state index in [9.17, 15) is 4.79 Å². The van der Waals surface area contributed by atoms with Crippen molar-refractivity contribution >= 4 is 14.0 Å². The lowest BCUT2D eigenvalue weighted by Gasteiger charge is -2.15. The first-order chi connectivity index (χ1) is 9.24. The normalized spacial score (nSPS) is 11.9. The van der Waals surface area contributed by atoms with Crippen molar-refractivity contribution in [2.75, 3.05) is 13.7 Å². The molecule has 0 bridgehead atoms. The summed E-state index contributed by atoms with van der Waals surface area (Å²) in [6.45, 7) is 12.1. The van der Waals surface area contributed by atoms with E-state index in [-0.39, 0.29) is 5.92 Å². The Hall–Kier alpha value is -1.14. The van der Waals surface area contributed by atoms with E-state index in [0.29, 0.717) is 12.4 Å². The van der Waals surface area contributed by atoms with Crippen LogP contribution < -0.4 is 0 Å². The van der Waals surface area contributed by atoms with Gasteiger partial charge in [0.2, 0.25) is 0 Å². The predicted octanol–water partition coefficient (Wildman–Crippen LogP) is 3.11. The molecule has 0 N–H and O–H groups in total. The molecule has 114 valence electrons. The summed E-state index contributed by atoms with van der Waals surface area (Å²) in [5, 5.41) is 4.26. The number of rotatable bonds is 7. The van der Waals surface area contributed by atoms with Crippen LogP contribution in [0, 0.1) is 0 Å². The molecule has 0 saturated carbocycles. The van der Waals surface area contributed by atoms with Crippen LogP contribution in [0.15, 0.2) is 6.20 Å². The average Bonchev–Trinajstić information content (AvgIpc) is 2.77. The van der Waals surface area contributed by atoms with E-state index in [0.717, 1.165) is 18.2 Å². The summed E-state index contributed by atoms with van der Waals surface area (Å²) in [6.07, 6.45) is 1.87. The van der Waals surface area contributed by atoms with Crippen molar-refractivity contribution in [3.63, 3.8) is 0 Å². The van der Waals surface area contributed by atoms with Crippen molar-refractivity contribution in [1.29, 1.82) is 0 Å². The lowest BCUT2D eigenvalue weighted by molar-refractivity contribution is 0.0581. The average molecular weight is 298 g/mol. The SMILES string of the molecule is COC(=O)c1nn(COCC[Si](C)(C)C)cc1C(C)C. The fourth-order valence-electron chi connectivity index (χ4n) is 1.72. The zero-order chi connectivity index (χ0) is 15.3. The molecule has 0 saturated heterocycles. The van der Waals surface area contributed by atoms with Crippen LogP contribution in [0.25, 0.3) is 0 Å². The van der Waals surface area contributed by atoms with Crippen LogP contribution >= 0.6 is 0 Å². The molecule has 6 heteroatoms. The van der Waals surface area contributed by atoms with Gasteiger partial charge in [-0.15, -0.1) is 0 Å². The molecule has 20 heavy (non-hydrogen) atoms. The maximum atomic E-state index is 11.7. The van der Waals surface area contributed by atoms with Crippen LogP contribution in [-0.4, -0.2) is 37.5 Å². The second kappa shape index (κ2) is 7.03. The number of nitrogens with zero attached hydrogens (tertiary/aromatic N) is 2. The maximum absolute atomic E-state index is 11.7. The third-order valence-corrected chi connectivity index (χ3v) is 4.71. The number of carbonyl (C=O) groups excluding carboxylic acids is 1. The third-order valence-electron chi connectivity index (χ3n) is 3.01. The van der Waals surface area contributed by atoms with Crippen molar-refractivity contribution in [2.45, 2.75) is 52.2 Å². The van der Waals surface area contributed by atoms with Crippen molar-refractivity contribution in [2.24, 2.45) is 0 Å². The largest absolute Gasteiger partial charge is 0.464 e. The standard InChI is InChI=1S/C14H26N2O3Si/c1-11(2)12-9-16(15-13(12)14(17)18-3)10-19-7-8-20(4,5)6/h9,11H,7-8,10H2,1-6H3. The lowest BCUT2D eigenvalue weighted by Crippen LogP contribution is -2.22. The Kier molecular flexibility index (Phi) is 5.95. The van der Waals surface area contributed by atoms with Gasteiger partial charge in [0, 0.05) is 26.4 Å². The fourth-order valence-corrected chi connectivity index (χ4v) is 2.47. The highest BCUT2D eigenvalue weighted by atomic mass is 28.3. The van der Waals surface area contributed by atoms with Gasteiger partial charge in [-0.25, -0.2) is 9.48 Å². The quantitative estimate of drug-likeness (QED) is 0.441. The minimum atomic E-state index is -1.07. The molecule has 1 rings (SSSR count). The first kappa shape index (κ1) is 16.9. The summed E-state index contributed by atoms with van der Waals surface area (Å²) in [5.41, 5.74) is 1.28. The monoisotopic (exact) mass is 298 g/mol. The van der Waals surface area contributed by atoms with Crippen LogP contribution in [0.2, 0.25) is 25.7 Å². The highest BCUT2D eigenvalue weighted by Gasteiger charge is 2.19. The number of hydrogen-bond acceptors (Lipinski definition) is 4. The Morgan fingerprint density at radius 3 is 2.55 bits per heavy atom. The van der Waals surface area contributed by atoms with Gasteiger partial charge in [0.1, 0.15) is 6.73 Å². The molecule has 0 aliphatic carbocycles. The van der Waals surface area contributed by atoms with Gasteiger partial charge in [0.25, 0.3) is 0 Å². The summed E-state index contributed by atoms with van der Waals surface area (Å²) in [7, 11) is 0.300. The summed E-state index contributed by atoms with van der Waals surface area (Å²) < 4.78 is 12.1. The molecule has 0 aliphatic heterocycles. The van der Waals surface area contributed by atoms with E-state index in [4.69, 9.17) is 9.47 Å². The lowest BCUT2D eigenvalue weighted by atomic mass is 10.0. The summed E-state index contributed by atoms with van der Waals surface area (Å²) in [4.78, 5) is 11.7. The molecular weight excluding hydrogens is 272 g/mol. The molecule has 0 aromatic carbocycles. The van der Waals surface area contributed by atoms with Crippen molar-refractivity contribution in [1.82, 2.24) is 9.78 Å². The summed E-state index contributed by atoms with van der Waals surface area (Å²) >= 11 is 0. The molecule has 0 fully saturated rings. The molecular formula is C14H26N2O3Si. The van der Waals surface area contributed by atoms with Crippen molar-refractivity contribution in [3.05, 3.63) is 17.5 Å². The van der Waals surface area contributed by atoms with E-state index in [1.807, 2.05) is 20.0 Å². The molecule has 5 nitrogen and oxygen atoms in total. The van der Waals surface area contributed by atoms with Crippen molar-refractivity contribution in [3.8, 4) is 0 Å². The second-order valence-electron chi connectivity index (χ2n) is 6.47. The Morgan fingerprint density at radius 2 is 2.05 bits per heavy atom. The minimum Gasteiger partial charge on any atom is -0.464 e. The molecule has 1 aromatic rings. The van der Waals surface area contributed by atoms with E-state index >= 15 is 0 Å². The topological polar surface area (TPSA) is 53.3 Å². The van der Waals surface area contributed by atoms with Gasteiger partial charge < -0.3 is 9.47 Å². The molecule has 1 heterocycles. The Balaban J connectivity index is 2.65. The number of aromatic nitrogens is 2. The van der Waals surface area contributed by atoms with Gasteiger partial charge in [-0.2, -0.15) is 5.10 Å². The van der Waals surface area contributed by atoms with Gasteiger partial charge in [0.15, 0.2) is 5.69 Å². The van der Waals surface area contributed by atoms with Crippen LogP contribution in [0.4, 0.5) is 0 Å². The smallest absolute Gasteiger partial charge is 0.358 e. The molecule has 0 aliphatic rings. The molecule has 1 aromatic heterocycles. The molecule has 0 radical (unpaired) electrons. The third kappa shape index (κ3) is 5.09. The zero-order valence-electron chi connectivity index (χ0n) is 13.4.